The van der Waals surface area contributed by atoms with E-state index in [1.165, 1.54) is 6.08 Å². The monoisotopic (exact) mass is 633 g/mol. The molecule has 0 aromatic heterocycles. The zero-order chi connectivity index (χ0) is 33.4. The van der Waals surface area contributed by atoms with Crippen LogP contribution in [-0.4, -0.2) is 95.7 Å². The van der Waals surface area contributed by atoms with Crippen LogP contribution < -0.4 is 5.32 Å². The maximum Gasteiger partial charge on any atom is 0.348 e. The van der Waals surface area contributed by atoms with Gasteiger partial charge in [0, 0.05) is 29.4 Å². The number of methoxy groups -OCH3 is 1. The highest BCUT2D eigenvalue weighted by Crippen LogP contribution is 2.72. The van der Waals surface area contributed by atoms with E-state index in [9.17, 15) is 34.2 Å². The van der Waals surface area contributed by atoms with Gasteiger partial charge >= 0.3 is 17.9 Å². The van der Waals surface area contributed by atoms with Crippen LogP contribution in [0.4, 0.5) is 0 Å². The second kappa shape index (κ2) is 10.9. The molecule has 4 fully saturated rings. The molecule has 2 saturated carbocycles. The van der Waals surface area contributed by atoms with Gasteiger partial charge in [-0.05, 0) is 64.9 Å². The van der Waals surface area contributed by atoms with Crippen LogP contribution in [0, 0.1) is 28.6 Å². The molecule has 5 rings (SSSR count). The maximum absolute atomic E-state index is 13.7. The largest absolute Gasteiger partial charge is 0.480 e. The summed E-state index contributed by atoms with van der Waals surface area (Å²) in [6, 6.07) is 0. The second-order valence-electron chi connectivity index (χ2n) is 14.6. The number of fused-ring (bicyclic) bond motifs is 2. The number of hydrogen-bond donors (Lipinski definition) is 3. The van der Waals surface area contributed by atoms with Crippen LogP contribution in [0.5, 0.6) is 0 Å². The highest BCUT2D eigenvalue weighted by atomic mass is 16.6. The summed E-state index contributed by atoms with van der Waals surface area (Å²) in [6.07, 6.45) is -4.95. The van der Waals surface area contributed by atoms with Gasteiger partial charge in [-0.2, -0.15) is 0 Å². The van der Waals surface area contributed by atoms with Crippen molar-refractivity contribution in [3.8, 4) is 0 Å². The van der Waals surface area contributed by atoms with Gasteiger partial charge in [-0.25, -0.2) is 14.4 Å². The lowest BCUT2D eigenvalue weighted by molar-refractivity contribution is -0.290. The van der Waals surface area contributed by atoms with Crippen molar-refractivity contribution in [2.45, 2.75) is 96.9 Å². The van der Waals surface area contributed by atoms with Gasteiger partial charge < -0.3 is 39.2 Å². The van der Waals surface area contributed by atoms with Crippen molar-refractivity contribution in [2.24, 2.45) is 28.6 Å². The lowest BCUT2D eigenvalue weighted by Crippen LogP contribution is -2.79. The summed E-state index contributed by atoms with van der Waals surface area (Å²) in [5.41, 5.74) is -4.03. The highest BCUT2D eigenvalue weighted by molar-refractivity contribution is 5.96. The summed E-state index contributed by atoms with van der Waals surface area (Å²) in [5.74, 6) is -6.34. The van der Waals surface area contributed by atoms with Crippen molar-refractivity contribution in [2.75, 3.05) is 20.3 Å². The molecule has 0 unspecified atom stereocenters. The summed E-state index contributed by atoms with van der Waals surface area (Å²) in [6.45, 7) is 11.7. The number of amides is 1. The van der Waals surface area contributed by atoms with Crippen LogP contribution in [0.25, 0.3) is 0 Å². The molecule has 13 heteroatoms. The van der Waals surface area contributed by atoms with Crippen molar-refractivity contribution < 1.29 is 57.9 Å². The van der Waals surface area contributed by atoms with E-state index in [0.29, 0.717) is 11.1 Å². The van der Waals surface area contributed by atoms with Gasteiger partial charge in [0.2, 0.25) is 11.7 Å². The van der Waals surface area contributed by atoms with E-state index in [-0.39, 0.29) is 31.8 Å². The van der Waals surface area contributed by atoms with Gasteiger partial charge in [-0.1, -0.05) is 12.5 Å². The molecule has 3 N–H and O–H groups in total. The van der Waals surface area contributed by atoms with E-state index in [4.69, 9.17) is 23.7 Å². The number of aliphatic hydroxyl groups excluding tert-OH is 2. The van der Waals surface area contributed by atoms with Gasteiger partial charge in [0.1, 0.15) is 12.2 Å². The zero-order valence-electron chi connectivity index (χ0n) is 26.9. The minimum absolute atomic E-state index is 0.0297. The maximum atomic E-state index is 13.7. The first kappa shape index (κ1) is 33.1. The van der Waals surface area contributed by atoms with E-state index >= 15 is 0 Å². The second-order valence-corrected chi connectivity index (χ2v) is 14.6. The van der Waals surface area contributed by atoms with Crippen molar-refractivity contribution in [1.82, 2.24) is 5.32 Å². The molecule has 2 heterocycles. The van der Waals surface area contributed by atoms with Gasteiger partial charge in [0.25, 0.3) is 5.91 Å². The Balaban J connectivity index is 1.61. The average Bonchev–Trinajstić information content (AvgIpc) is 3.22. The van der Waals surface area contributed by atoms with Gasteiger partial charge in [0.05, 0.1) is 25.7 Å². The number of ether oxygens (including phenoxy) is 5. The Kier molecular flexibility index (Phi) is 8.02. The summed E-state index contributed by atoms with van der Waals surface area (Å²) >= 11 is 0. The van der Waals surface area contributed by atoms with Crippen molar-refractivity contribution in [3.63, 3.8) is 0 Å². The molecule has 1 amide bonds. The molecule has 2 aliphatic heterocycles. The van der Waals surface area contributed by atoms with E-state index in [0.717, 1.165) is 7.11 Å². The molecule has 0 radical (unpaired) electrons. The smallest absolute Gasteiger partial charge is 0.348 e. The predicted octanol–water partition coefficient (Wildman–Crippen LogP) is 0.890. The molecule has 248 valence electrons. The molecule has 2 saturated heterocycles. The number of Topliss-reactive ketones (excluding diaryl/α,β-unsaturated/α-hetero) is 1. The number of rotatable bonds is 6. The summed E-state index contributed by atoms with van der Waals surface area (Å²) in [7, 11) is 1.09. The zero-order valence-corrected chi connectivity index (χ0v) is 26.9. The van der Waals surface area contributed by atoms with E-state index < -0.39 is 93.7 Å². The SMILES string of the molecule is COC(=O)[C@@]12OC[C@]34[C@H]([C@@H](O)[C@@H]1O)[C@@]1(C)CC(=O)C(OCC(=O)NC(C)(C)C)=C(C)[C@@H]1C[C@H]3OC(=O)[C@H](OC(=O)C=C(C)C)[C@@H]24. The van der Waals surface area contributed by atoms with Gasteiger partial charge in [-0.3, -0.25) is 9.59 Å². The number of aliphatic hydroxyl groups is 2. The minimum atomic E-state index is -2.25. The molecule has 13 nitrogen and oxygen atoms in total. The van der Waals surface area contributed by atoms with Crippen LogP contribution >= 0.6 is 0 Å². The van der Waals surface area contributed by atoms with Crippen molar-refractivity contribution in [1.29, 1.82) is 0 Å². The Morgan fingerprint density at radius 1 is 1.13 bits per heavy atom. The Labute approximate surface area is 261 Å². The van der Waals surface area contributed by atoms with Crippen LogP contribution in [-0.2, 0) is 47.7 Å². The number of allylic oxidation sites excluding steroid dienone is 3. The lowest BCUT2D eigenvalue weighted by atomic mass is 9.38. The number of carbonyl (C=O) groups is 5. The fraction of sp³-hybridized carbons (Fsp3) is 0.719. The molecule has 0 aromatic rings. The summed E-state index contributed by atoms with van der Waals surface area (Å²) in [4.78, 5) is 66.2. The highest BCUT2D eigenvalue weighted by Gasteiger charge is 2.85. The topological polar surface area (TPSA) is 184 Å². The number of hydrogen-bond acceptors (Lipinski definition) is 12. The Morgan fingerprint density at radius 3 is 2.40 bits per heavy atom. The van der Waals surface area contributed by atoms with Crippen molar-refractivity contribution in [3.05, 3.63) is 23.0 Å². The molecule has 5 aliphatic rings. The third-order valence-corrected chi connectivity index (χ3v) is 10.3. The lowest BCUT2D eigenvalue weighted by Gasteiger charge is -2.67. The van der Waals surface area contributed by atoms with Gasteiger partial charge in [0.15, 0.2) is 18.1 Å². The standard InChI is InChI=1S/C32H43NO12/c1-14(2)9-20(36)45-23-25-31-13-43-32(25,28(40)41-8)26(38)21(37)24(31)30(7)11-17(34)22(42-12-19(35)33-29(4,5)6)15(3)16(30)10-18(31)44-27(23)39/h9,16,18,21,23-26,37-38H,10-13H2,1-8H3,(H,33,35)/t16-,18+,21+,23+,24+,25+,26-,30-,31+,32-/m0/s1. The quantitative estimate of drug-likeness (QED) is 0.214. The Bertz CT molecular complexity index is 1390. The fourth-order valence-electron chi connectivity index (χ4n) is 9.03. The molecule has 3 aliphatic carbocycles. The third-order valence-electron chi connectivity index (χ3n) is 10.3. The van der Waals surface area contributed by atoms with Crippen LogP contribution in [0.1, 0.15) is 61.3 Å². The first-order chi connectivity index (χ1) is 20.8. The first-order valence-electron chi connectivity index (χ1n) is 15.2. The fourth-order valence-corrected chi connectivity index (χ4v) is 9.03. The van der Waals surface area contributed by atoms with Crippen molar-refractivity contribution >= 4 is 29.6 Å². The normalized spacial score (nSPS) is 40.0. The predicted molar refractivity (Wildman–Crippen MR) is 154 cm³/mol. The number of carbonyl (C=O) groups excluding carboxylic acids is 5. The third kappa shape index (κ3) is 4.80. The summed E-state index contributed by atoms with van der Waals surface area (Å²) in [5, 5.41) is 26.4. The molecule has 45 heavy (non-hydrogen) atoms. The number of nitrogens with one attached hydrogen (secondary N) is 1. The van der Waals surface area contributed by atoms with Crippen LogP contribution in [0.15, 0.2) is 23.0 Å². The minimum Gasteiger partial charge on any atom is -0.480 e. The van der Waals surface area contributed by atoms with Crippen LogP contribution in [0.3, 0.4) is 0 Å². The van der Waals surface area contributed by atoms with E-state index in [1.807, 2.05) is 27.7 Å². The van der Waals surface area contributed by atoms with E-state index in [1.54, 1.807) is 20.8 Å². The number of esters is 3. The van der Waals surface area contributed by atoms with E-state index in [2.05, 4.69) is 5.32 Å². The molecule has 1 spiro atoms. The molecule has 10 atom stereocenters. The number of ketones is 1. The van der Waals surface area contributed by atoms with Crippen LogP contribution in [0.2, 0.25) is 0 Å². The molecule has 2 bridgehead atoms. The summed E-state index contributed by atoms with van der Waals surface area (Å²) < 4.78 is 28.6. The van der Waals surface area contributed by atoms with Gasteiger partial charge in [-0.15, -0.1) is 0 Å². The Morgan fingerprint density at radius 2 is 1.80 bits per heavy atom. The first-order valence-corrected chi connectivity index (χ1v) is 15.2. The molecule has 0 aromatic carbocycles. The average molecular weight is 634 g/mol. The molecular weight excluding hydrogens is 590 g/mol. The molecular formula is C32H43NO12. The Hall–Kier alpha value is -3.29.